The van der Waals surface area contributed by atoms with E-state index in [4.69, 9.17) is 9.47 Å². The molecule has 0 fully saturated rings. The monoisotopic (exact) mass is 502 g/mol. The van der Waals surface area contributed by atoms with Crippen LogP contribution in [0.3, 0.4) is 0 Å². The van der Waals surface area contributed by atoms with Crippen molar-refractivity contribution in [3.8, 4) is 11.5 Å². The number of para-hydroxylation sites is 2. The Bertz CT molecular complexity index is 1280. The van der Waals surface area contributed by atoms with Crippen LogP contribution in [0.4, 0.5) is 11.4 Å². The van der Waals surface area contributed by atoms with Crippen molar-refractivity contribution in [2.24, 2.45) is 5.10 Å². The van der Waals surface area contributed by atoms with Crippen LogP contribution in [-0.4, -0.2) is 37.1 Å². The van der Waals surface area contributed by atoms with Gasteiger partial charge in [-0.05, 0) is 80.8 Å². The van der Waals surface area contributed by atoms with Gasteiger partial charge in [0.25, 0.3) is 5.91 Å². The summed E-state index contributed by atoms with van der Waals surface area (Å²) in [5, 5.41) is 9.21. The number of nitrogens with one attached hydrogen (secondary N) is 3. The summed E-state index contributed by atoms with van der Waals surface area (Å²) in [6.07, 6.45) is 1.39. The van der Waals surface area contributed by atoms with Crippen LogP contribution in [0.25, 0.3) is 0 Å². The minimum atomic E-state index is -0.924. The first-order valence-electron chi connectivity index (χ1n) is 11.7. The van der Waals surface area contributed by atoms with Crippen molar-refractivity contribution in [3.05, 3.63) is 82.9 Å². The number of hydrogen-bond acceptors (Lipinski definition) is 6. The normalized spacial score (nSPS) is 10.6. The summed E-state index contributed by atoms with van der Waals surface area (Å²) >= 11 is 0. The molecule has 0 saturated heterocycles. The molecule has 3 N–H and O–H groups in total. The highest BCUT2D eigenvalue weighted by Crippen LogP contribution is 2.24. The van der Waals surface area contributed by atoms with Crippen LogP contribution in [0.2, 0.25) is 0 Å². The molecule has 0 atom stereocenters. The molecule has 0 heterocycles. The molecule has 9 nitrogen and oxygen atoms in total. The van der Waals surface area contributed by atoms with Gasteiger partial charge in [-0.15, -0.1) is 0 Å². The highest BCUT2D eigenvalue weighted by Gasteiger charge is 2.15. The van der Waals surface area contributed by atoms with E-state index in [2.05, 4.69) is 21.2 Å². The third-order valence-electron chi connectivity index (χ3n) is 5.21. The van der Waals surface area contributed by atoms with E-state index in [1.54, 1.807) is 48.5 Å². The standard InChI is InChI=1S/C28H30N4O5/c1-5-36-24-9-7-6-8-23(24)30-27(34)28(35)32-29-16-21-10-12-22(13-11-21)37-17-25(33)31-26-19(3)14-18(2)15-20(26)4/h6-16H,5,17H2,1-4H3,(H,30,34)(H,31,33)(H,32,35)/b29-16-. The van der Waals surface area contributed by atoms with Crippen LogP contribution in [-0.2, 0) is 14.4 Å². The van der Waals surface area contributed by atoms with Gasteiger partial charge >= 0.3 is 11.8 Å². The zero-order chi connectivity index (χ0) is 26.8. The smallest absolute Gasteiger partial charge is 0.329 e. The van der Waals surface area contributed by atoms with Gasteiger partial charge in [0.2, 0.25) is 0 Å². The highest BCUT2D eigenvalue weighted by molar-refractivity contribution is 6.39. The predicted molar refractivity (Wildman–Crippen MR) is 143 cm³/mol. The van der Waals surface area contributed by atoms with Crippen LogP contribution in [0, 0.1) is 20.8 Å². The summed E-state index contributed by atoms with van der Waals surface area (Å²) in [5.41, 5.74) is 7.15. The lowest BCUT2D eigenvalue weighted by atomic mass is 10.1. The van der Waals surface area contributed by atoms with Crippen molar-refractivity contribution >= 4 is 35.3 Å². The molecular formula is C28H30N4O5. The number of carbonyl (C=O) groups excluding carboxylic acids is 3. The van der Waals surface area contributed by atoms with Crippen molar-refractivity contribution in [1.82, 2.24) is 5.43 Å². The Balaban J connectivity index is 1.47. The van der Waals surface area contributed by atoms with Gasteiger partial charge in [0, 0.05) is 5.69 Å². The molecule has 37 heavy (non-hydrogen) atoms. The molecular weight excluding hydrogens is 472 g/mol. The third-order valence-corrected chi connectivity index (χ3v) is 5.21. The Morgan fingerprint density at radius 2 is 1.54 bits per heavy atom. The van der Waals surface area contributed by atoms with Gasteiger partial charge in [0.15, 0.2) is 6.61 Å². The van der Waals surface area contributed by atoms with Crippen molar-refractivity contribution in [1.29, 1.82) is 0 Å². The second-order valence-corrected chi connectivity index (χ2v) is 8.26. The second-order valence-electron chi connectivity index (χ2n) is 8.26. The molecule has 0 aliphatic carbocycles. The van der Waals surface area contributed by atoms with Gasteiger partial charge in [-0.3, -0.25) is 14.4 Å². The minimum absolute atomic E-state index is 0.141. The molecule has 3 aromatic carbocycles. The number of benzene rings is 3. The number of nitrogens with zero attached hydrogens (tertiary/aromatic N) is 1. The number of aryl methyl sites for hydroxylation is 3. The zero-order valence-corrected chi connectivity index (χ0v) is 21.3. The second kappa shape index (κ2) is 12.9. The van der Waals surface area contributed by atoms with Gasteiger partial charge in [-0.1, -0.05) is 29.8 Å². The van der Waals surface area contributed by atoms with Gasteiger partial charge in [-0.2, -0.15) is 5.10 Å². The van der Waals surface area contributed by atoms with E-state index in [1.807, 2.05) is 39.8 Å². The Labute approximate surface area is 215 Å². The molecule has 0 aliphatic rings. The Kier molecular flexibility index (Phi) is 9.37. The van der Waals surface area contributed by atoms with Crippen LogP contribution >= 0.6 is 0 Å². The van der Waals surface area contributed by atoms with E-state index >= 15 is 0 Å². The lowest BCUT2D eigenvalue weighted by molar-refractivity contribution is -0.136. The molecule has 3 rings (SSSR count). The summed E-state index contributed by atoms with van der Waals surface area (Å²) in [4.78, 5) is 36.5. The minimum Gasteiger partial charge on any atom is -0.492 e. The van der Waals surface area contributed by atoms with E-state index in [0.717, 1.165) is 22.4 Å². The van der Waals surface area contributed by atoms with Gasteiger partial charge in [-0.25, -0.2) is 5.43 Å². The summed E-state index contributed by atoms with van der Waals surface area (Å²) in [5.74, 6) is -1.09. The highest BCUT2D eigenvalue weighted by atomic mass is 16.5. The maximum Gasteiger partial charge on any atom is 0.329 e. The largest absolute Gasteiger partial charge is 0.492 e. The lowest BCUT2D eigenvalue weighted by Gasteiger charge is -2.13. The Morgan fingerprint density at radius 1 is 0.865 bits per heavy atom. The summed E-state index contributed by atoms with van der Waals surface area (Å²) in [6, 6.07) is 17.6. The Morgan fingerprint density at radius 3 is 2.22 bits per heavy atom. The number of amides is 3. The van der Waals surface area contributed by atoms with E-state index in [1.165, 1.54) is 6.21 Å². The first-order valence-corrected chi connectivity index (χ1v) is 11.7. The predicted octanol–water partition coefficient (Wildman–Crippen LogP) is 4.12. The van der Waals surface area contributed by atoms with Crippen LogP contribution in [0.5, 0.6) is 11.5 Å². The number of hydrogen-bond donors (Lipinski definition) is 3. The average molecular weight is 503 g/mol. The maximum atomic E-state index is 12.3. The molecule has 9 heteroatoms. The maximum absolute atomic E-state index is 12.3. The van der Waals surface area contributed by atoms with E-state index in [-0.39, 0.29) is 12.5 Å². The number of hydrazone groups is 1. The molecule has 3 aromatic rings. The topological polar surface area (TPSA) is 118 Å². The molecule has 0 spiro atoms. The fourth-order valence-electron chi connectivity index (χ4n) is 3.60. The fraction of sp³-hybridized carbons (Fsp3) is 0.214. The molecule has 0 aliphatic heterocycles. The van der Waals surface area contributed by atoms with Gasteiger partial charge < -0.3 is 20.1 Å². The quantitative estimate of drug-likeness (QED) is 0.231. The van der Waals surface area contributed by atoms with Crippen LogP contribution in [0.1, 0.15) is 29.2 Å². The number of ether oxygens (including phenoxy) is 2. The number of carbonyl (C=O) groups is 3. The van der Waals surface area contributed by atoms with Crippen molar-refractivity contribution in [2.45, 2.75) is 27.7 Å². The number of anilines is 2. The SMILES string of the molecule is CCOc1ccccc1NC(=O)C(=O)N/N=C\c1ccc(OCC(=O)Nc2c(C)cc(C)cc2C)cc1. The van der Waals surface area contributed by atoms with Crippen LogP contribution < -0.4 is 25.5 Å². The average Bonchev–Trinajstić information content (AvgIpc) is 2.87. The molecule has 0 unspecified atom stereocenters. The summed E-state index contributed by atoms with van der Waals surface area (Å²) in [7, 11) is 0. The van der Waals surface area contributed by atoms with Crippen molar-refractivity contribution in [3.63, 3.8) is 0 Å². The van der Waals surface area contributed by atoms with Gasteiger partial charge in [0.1, 0.15) is 11.5 Å². The first-order chi connectivity index (χ1) is 17.8. The molecule has 0 aromatic heterocycles. The molecule has 0 saturated carbocycles. The molecule has 3 amide bonds. The van der Waals surface area contributed by atoms with Crippen molar-refractivity contribution in [2.75, 3.05) is 23.8 Å². The number of rotatable bonds is 9. The molecule has 192 valence electrons. The van der Waals surface area contributed by atoms with Crippen molar-refractivity contribution < 1.29 is 23.9 Å². The molecule has 0 radical (unpaired) electrons. The van der Waals surface area contributed by atoms with E-state index < -0.39 is 11.8 Å². The van der Waals surface area contributed by atoms with Gasteiger partial charge in [0.05, 0.1) is 18.5 Å². The molecule has 0 bridgehead atoms. The third kappa shape index (κ3) is 7.93. The fourth-order valence-corrected chi connectivity index (χ4v) is 3.60. The summed E-state index contributed by atoms with van der Waals surface area (Å²) < 4.78 is 11.0. The zero-order valence-electron chi connectivity index (χ0n) is 21.3. The lowest BCUT2D eigenvalue weighted by Crippen LogP contribution is -2.32. The van der Waals surface area contributed by atoms with E-state index in [9.17, 15) is 14.4 Å². The van der Waals surface area contributed by atoms with E-state index in [0.29, 0.717) is 29.4 Å². The van der Waals surface area contributed by atoms with Crippen LogP contribution in [0.15, 0.2) is 65.8 Å². The summed E-state index contributed by atoms with van der Waals surface area (Å²) in [6.45, 7) is 8.02. The Hall–Kier alpha value is -4.66. The first kappa shape index (κ1) is 26.9.